The highest BCUT2D eigenvalue weighted by Crippen LogP contribution is 2.21. The Hall–Kier alpha value is -1.92. The zero-order valence-corrected chi connectivity index (χ0v) is 11.4. The van der Waals surface area contributed by atoms with Crippen LogP contribution in [0.5, 0.6) is 0 Å². The number of carbonyl (C=O) groups is 2. The van der Waals surface area contributed by atoms with Crippen LogP contribution in [0, 0.1) is 0 Å². The first-order valence-electron chi connectivity index (χ1n) is 6.57. The SMILES string of the molecule is COCC(N)C(=O)Nc1ccccc1C(=O)NC1CC1. The van der Waals surface area contributed by atoms with Gasteiger partial charge in [-0.3, -0.25) is 9.59 Å². The van der Waals surface area contributed by atoms with Gasteiger partial charge < -0.3 is 21.1 Å². The van der Waals surface area contributed by atoms with Crippen molar-refractivity contribution in [3.8, 4) is 0 Å². The van der Waals surface area contributed by atoms with Gasteiger partial charge in [-0.1, -0.05) is 12.1 Å². The fourth-order valence-electron chi connectivity index (χ4n) is 1.76. The summed E-state index contributed by atoms with van der Waals surface area (Å²) in [7, 11) is 1.48. The van der Waals surface area contributed by atoms with Crippen molar-refractivity contribution in [1.82, 2.24) is 5.32 Å². The standard InChI is InChI=1S/C14H19N3O3/c1-20-8-11(15)14(19)17-12-5-3-2-4-10(12)13(18)16-9-6-7-9/h2-5,9,11H,6-8,15H2,1H3,(H,16,18)(H,17,19). The summed E-state index contributed by atoms with van der Waals surface area (Å²) in [5, 5.41) is 5.56. The van der Waals surface area contributed by atoms with Crippen molar-refractivity contribution in [1.29, 1.82) is 0 Å². The lowest BCUT2D eigenvalue weighted by molar-refractivity contribution is -0.118. The molecule has 0 aromatic heterocycles. The van der Waals surface area contributed by atoms with Gasteiger partial charge in [-0.25, -0.2) is 0 Å². The Morgan fingerprint density at radius 2 is 2.10 bits per heavy atom. The van der Waals surface area contributed by atoms with Gasteiger partial charge in [0.05, 0.1) is 17.9 Å². The second-order valence-corrected chi connectivity index (χ2v) is 4.84. The molecule has 0 bridgehead atoms. The number of hydrogen-bond donors (Lipinski definition) is 3. The van der Waals surface area contributed by atoms with E-state index in [1.165, 1.54) is 7.11 Å². The topological polar surface area (TPSA) is 93.4 Å². The minimum absolute atomic E-state index is 0.127. The van der Waals surface area contributed by atoms with Crippen LogP contribution < -0.4 is 16.4 Å². The molecule has 0 aliphatic heterocycles. The Bertz CT molecular complexity index is 500. The van der Waals surface area contributed by atoms with Crippen LogP contribution in [-0.2, 0) is 9.53 Å². The quantitative estimate of drug-likeness (QED) is 0.705. The van der Waals surface area contributed by atoms with Crippen LogP contribution >= 0.6 is 0 Å². The maximum atomic E-state index is 12.1. The molecule has 4 N–H and O–H groups in total. The number of rotatable bonds is 6. The van der Waals surface area contributed by atoms with Gasteiger partial charge in [0.2, 0.25) is 5.91 Å². The second-order valence-electron chi connectivity index (χ2n) is 4.84. The number of nitrogens with one attached hydrogen (secondary N) is 2. The molecule has 0 saturated heterocycles. The summed E-state index contributed by atoms with van der Waals surface area (Å²) in [6.45, 7) is 0.127. The van der Waals surface area contributed by atoms with Gasteiger partial charge in [0.1, 0.15) is 6.04 Å². The number of carbonyl (C=O) groups excluding carboxylic acids is 2. The molecule has 1 atom stereocenters. The molecular weight excluding hydrogens is 258 g/mol. The molecule has 1 saturated carbocycles. The minimum Gasteiger partial charge on any atom is -0.383 e. The van der Waals surface area contributed by atoms with Crippen molar-refractivity contribution in [2.45, 2.75) is 24.9 Å². The highest BCUT2D eigenvalue weighted by atomic mass is 16.5. The van der Waals surface area contributed by atoms with E-state index < -0.39 is 6.04 Å². The summed E-state index contributed by atoms with van der Waals surface area (Å²) in [6.07, 6.45) is 2.03. The van der Waals surface area contributed by atoms with Crippen LogP contribution in [0.15, 0.2) is 24.3 Å². The van der Waals surface area contributed by atoms with E-state index in [0.717, 1.165) is 12.8 Å². The predicted molar refractivity (Wildman–Crippen MR) is 75.4 cm³/mol. The number of para-hydroxylation sites is 1. The van der Waals surface area contributed by atoms with E-state index in [2.05, 4.69) is 10.6 Å². The van der Waals surface area contributed by atoms with Gasteiger partial charge in [-0.05, 0) is 25.0 Å². The fraction of sp³-hybridized carbons (Fsp3) is 0.429. The van der Waals surface area contributed by atoms with Crippen LogP contribution in [0.1, 0.15) is 23.2 Å². The summed E-state index contributed by atoms with van der Waals surface area (Å²) >= 11 is 0. The van der Waals surface area contributed by atoms with Crippen molar-refractivity contribution in [2.24, 2.45) is 5.73 Å². The second kappa shape index (κ2) is 6.49. The lowest BCUT2D eigenvalue weighted by atomic mass is 10.1. The van der Waals surface area contributed by atoms with E-state index in [-0.39, 0.29) is 24.5 Å². The molecule has 108 valence electrons. The number of amides is 2. The third kappa shape index (κ3) is 3.79. The van der Waals surface area contributed by atoms with Crippen molar-refractivity contribution in [3.05, 3.63) is 29.8 Å². The molecule has 6 heteroatoms. The minimum atomic E-state index is -0.764. The average Bonchev–Trinajstić information content (AvgIpc) is 3.23. The van der Waals surface area contributed by atoms with Gasteiger partial charge >= 0.3 is 0 Å². The maximum absolute atomic E-state index is 12.1. The Morgan fingerprint density at radius 1 is 1.40 bits per heavy atom. The van der Waals surface area contributed by atoms with Crippen molar-refractivity contribution in [3.63, 3.8) is 0 Å². The monoisotopic (exact) mass is 277 g/mol. The predicted octanol–water partition coefficient (Wildman–Crippen LogP) is 0.491. The average molecular weight is 277 g/mol. The molecule has 2 amide bonds. The molecule has 0 heterocycles. The number of anilines is 1. The number of methoxy groups -OCH3 is 1. The Morgan fingerprint density at radius 3 is 2.75 bits per heavy atom. The van der Waals surface area contributed by atoms with Crippen LogP contribution in [0.2, 0.25) is 0 Å². The van der Waals surface area contributed by atoms with E-state index in [0.29, 0.717) is 11.3 Å². The summed E-state index contributed by atoms with van der Waals surface area (Å²) in [5.41, 5.74) is 6.56. The van der Waals surface area contributed by atoms with E-state index in [1.807, 2.05) is 0 Å². The first-order valence-corrected chi connectivity index (χ1v) is 6.57. The van der Waals surface area contributed by atoms with Gasteiger partial charge in [-0.15, -0.1) is 0 Å². The van der Waals surface area contributed by atoms with Gasteiger partial charge in [0, 0.05) is 13.2 Å². The third-order valence-electron chi connectivity index (χ3n) is 3.03. The Labute approximate surface area is 117 Å². The zero-order valence-electron chi connectivity index (χ0n) is 11.4. The molecule has 1 fully saturated rings. The van der Waals surface area contributed by atoms with Gasteiger partial charge in [-0.2, -0.15) is 0 Å². The van der Waals surface area contributed by atoms with E-state index in [1.54, 1.807) is 24.3 Å². The molecule has 20 heavy (non-hydrogen) atoms. The number of nitrogens with two attached hydrogens (primary N) is 1. The molecule has 1 aromatic carbocycles. The lowest BCUT2D eigenvalue weighted by Crippen LogP contribution is -2.39. The maximum Gasteiger partial charge on any atom is 0.253 e. The normalized spacial score (nSPS) is 15.5. The van der Waals surface area contributed by atoms with Crippen LogP contribution in [-0.4, -0.2) is 37.6 Å². The number of hydrogen-bond acceptors (Lipinski definition) is 4. The number of benzene rings is 1. The lowest BCUT2D eigenvalue weighted by Gasteiger charge is -2.14. The van der Waals surface area contributed by atoms with Crippen molar-refractivity contribution in [2.75, 3.05) is 19.0 Å². The largest absolute Gasteiger partial charge is 0.383 e. The molecule has 1 aliphatic rings. The molecule has 1 unspecified atom stereocenters. The Balaban J connectivity index is 2.06. The smallest absolute Gasteiger partial charge is 0.253 e. The third-order valence-corrected chi connectivity index (χ3v) is 3.03. The van der Waals surface area contributed by atoms with Crippen molar-refractivity contribution >= 4 is 17.5 Å². The first-order chi connectivity index (χ1) is 9.61. The first kappa shape index (κ1) is 14.5. The molecule has 1 aromatic rings. The molecule has 6 nitrogen and oxygen atoms in total. The molecule has 1 aliphatic carbocycles. The summed E-state index contributed by atoms with van der Waals surface area (Å²) in [4.78, 5) is 23.9. The van der Waals surface area contributed by atoms with Crippen LogP contribution in [0.3, 0.4) is 0 Å². The highest BCUT2D eigenvalue weighted by Gasteiger charge is 2.25. The zero-order chi connectivity index (χ0) is 14.5. The summed E-state index contributed by atoms with van der Waals surface area (Å²) in [5.74, 6) is -0.553. The molecule has 0 spiro atoms. The van der Waals surface area contributed by atoms with E-state index in [9.17, 15) is 9.59 Å². The van der Waals surface area contributed by atoms with Crippen molar-refractivity contribution < 1.29 is 14.3 Å². The van der Waals surface area contributed by atoms with Crippen LogP contribution in [0.4, 0.5) is 5.69 Å². The summed E-state index contributed by atoms with van der Waals surface area (Å²) in [6, 6.07) is 6.37. The molecular formula is C14H19N3O3. The van der Waals surface area contributed by atoms with E-state index >= 15 is 0 Å². The molecule has 2 rings (SSSR count). The van der Waals surface area contributed by atoms with Gasteiger partial charge in [0.15, 0.2) is 0 Å². The Kier molecular flexibility index (Phi) is 4.70. The van der Waals surface area contributed by atoms with E-state index in [4.69, 9.17) is 10.5 Å². The fourth-order valence-corrected chi connectivity index (χ4v) is 1.76. The summed E-state index contributed by atoms with van der Waals surface area (Å²) < 4.78 is 4.84. The van der Waals surface area contributed by atoms with Crippen LogP contribution in [0.25, 0.3) is 0 Å². The molecule has 0 radical (unpaired) electrons. The number of ether oxygens (including phenoxy) is 1. The highest BCUT2D eigenvalue weighted by molar-refractivity contribution is 6.04. The van der Waals surface area contributed by atoms with Gasteiger partial charge in [0.25, 0.3) is 5.91 Å².